The molecule has 0 aromatic carbocycles. The van der Waals surface area contributed by atoms with Crippen molar-refractivity contribution in [2.75, 3.05) is 13.7 Å². The van der Waals surface area contributed by atoms with Crippen molar-refractivity contribution in [3.05, 3.63) is 0 Å². The number of nitrogens with one attached hydrogen (secondary N) is 1. The van der Waals surface area contributed by atoms with Crippen molar-refractivity contribution in [1.29, 1.82) is 0 Å². The molecule has 3 heteroatoms. The number of hydrogen-bond acceptors (Lipinski definition) is 2. The van der Waals surface area contributed by atoms with Gasteiger partial charge in [-0.05, 0) is 19.9 Å². The molecule has 64 valence electrons. The van der Waals surface area contributed by atoms with Gasteiger partial charge in [-0.2, -0.15) is 0 Å². The number of aliphatic hydroxyl groups excluding tert-OH is 1. The maximum absolute atomic E-state index is 8.91. The van der Waals surface area contributed by atoms with Crippen LogP contribution in [-0.2, 0) is 0 Å². The summed E-state index contributed by atoms with van der Waals surface area (Å²) in [6.45, 7) is 4.39. The van der Waals surface area contributed by atoms with Crippen LogP contribution in [0.5, 0.6) is 0 Å². The Kier molecular flexibility index (Phi) is 7.09. The molecule has 0 aliphatic heterocycles. The van der Waals surface area contributed by atoms with Crippen molar-refractivity contribution in [2.45, 2.75) is 32.2 Å². The number of rotatable bonds is 4. The minimum absolute atomic E-state index is 0. The molecule has 0 rings (SSSR count). The van der Waals surface area contributed by atoms with Crippen molar-refractivity contribution >= 4 is 0 Å². The molecule has 0 saturated carbocycles. The molecule has 0 bridgehead atoms. The van der Waals surface area contributed by atoms with Crippen molar-refractivity contribution in [3.63, 3.8) is 0 Å². The fourth-order valence-corrected chi connectivity index (χ4v) is 0.906. The van der Waals surface area contributed by atoms with Gasteiger partial charge in [0.05, 0.1) is 6.61 Å². The molecule has 0 radical (unpaired) electrons. The third kappa shape index (κ3) is 2.64. The highest BCUT2D eigenvalue weighted by molar-refractivity contribution is 4.82. The molecule has 0 spiro atoms. The Morgan fingerprint density at radius 1 is 1.30 bits per heavy atom. The summed E-state index contributed by atoms with van der Waals surface area (Å²) in [6.07, 6.45) is 1.97. The van der Waals surface area contributed by atoms with Crippen molar-refractivity contribution in [2.24, 2.45) is 0 Å². The van der Waals surface area contributed by atoms with E-state index < -0.39 is 0 Å². The molecule has 0 atom stereocenters. The monoisotopic (exact) mass is 149 g/mol. The van der Waals surface area contributed by atoms with E-state index in [2.05, 4.69) is 19.2 Å². The highest BCUT2D eigenvalue weighted by atomic mass is 16.3. The Bertz CT molecular complexity index is 54.5. The van der Waals surface area contributed by atoms with Crippen LogP contribution in [-0.4, -0.2) is 29.8 Å². The first-order valence-electron chi connectivity index (χ1n) is 3.54. The van der Waals surface area contributed by atoms with Gasteiger partial charge >= 0.3 is 0 Å². The molecule has 0 aromatic rings. The summed E-state index contributed by atoms with van der Waals surface area (Å²) >= 11 is 0. The topological polar surface area (TPSA) is 63.8 Å². The summed E-state index contributed by atoms with van der Waals surface area (Å²) in [5.74, 6) is 0. The Morgan fingerprint density at radius 3 is 1.70 bits per heavy atom. The highest BCUT2D eigenvalue weighted by Gasteiger charge is 2.21. The van der Waals surface area contributed by atoms with E-state index in [-0.39, 0.29) is 17.6 Å². The zero-order valence-electron chi connectivity index (χ0n) is 7.07. The number of hydrogen-bond donors (Lipinski definition) is 2. The van der Waals surface area contributed by atoms with E-state index in [1.165, 1.54) is 0 Å². The smallest absolute Gasteiger partial charge is 0.0613 e. The lowest BCUT2D eigenvalue weighted by Crippen LogP contribution is -2.45. The summed E-state index contributed by atoms with van der Waals surface area (Å²) in [7, 11) is 1.89. The van der Waals surface area contributed by atoms with Crippen molar-refractivity contribution < 1.29 is 10.6 Å². The molecule has 0 heterocycles. The van der Waals surface area contributed by atoms with E-state index in [0.717, 1.165) is 12.8 Å². The number of aliphatic hydroxyl groups is 1. The SMILES string of the molecule is CCC(CC)(CO)NC.O. The lowest BCUT2D eigenvalue weighted by Gasteiger charge is -2.28. The average Bonchev–Trinajstić information content (AvgIpc) is 1.95. The molecule has 0 aliphatic carbocycles. The molecule has 4 N–H and O–H groups in total. The standard InChI is InChI=1S/C7H17NO.H2O/c1-4-7(5-2,6-9)8-3;/h8-9H,4-6H2,1-3H3;1H2. The summed E-state index contributed by atoms with van der Waals surface area (Å²) < 4.78 is 0. The highest BCUT2D eigenvalue weighted by Crippen LogP contribution is 2.12. The van der Waals surface area contributed by atoms with Crippen molar-refractivity contribution in [3.8, 4) is 0 Å². The molecule has 0 fully saturated rings. The zero-order chi connectivity index (χ0) is 7.33. The van der Waals surface area contributed by atoms with Gasteiger partial charge in [0.15, 0.2) is 0 Å². The van der Waals surface area contributed by atoms with Crippen LogP contribution < -0.4 is 5.32 Å². The van der Waals surface area contributed by atoms with E-state index in [0.29, 0.717) is 0 Å². The van der Waals surface area contributed by atoms with Gasteiger partial charge in [0, 0.05) is 5.54 Å². The predicted molar refractivity (Wildman–Crippen MR) is 43.1 cm³/mol. The Morgan fingerprint density at radius 2 is 1.70 bits per heavy atom. The first kappa shape index (κ1) is 12.5. The first-order chi connectivity index (χ1) is 4.24. The van der Waals surface area contributed by atoms with Gasteiger partial charge in [-0.1, -0.05) is 13.8 Å². The largest absolute Gasteiger partial charge is 0.412 e. The summed E-state index contributed by atoms with van der Waals surface area (Å²) in [5, 5.41) is 12.0. The first-order valence-corrected chi connectivity index (χ1v) is 3.54. The fourth-order valence-electron chi connectivity index (χ4n) is 0.906. The molecule has 0 unspecified atom stereocenters. The van der Waals surface area contributed by atoms with Crippen LogP contribution in [0.25, 0.3) is 0 Å². The average molecular weight is 149 g/mol. The van der Waals surface area contributed by atoms with Crippen LogP contribution >= 0.6 is 0 Å². The molecule has 0 amide bonds. The Hall–Kier alpha value is -0.120. The Balaban J connectivity index is 0. The Labute approximate surface area is 62.8 Å². The summed E-state index contributed by atoms with van der Waals surface area (Å²) in [6, 6.07) is 0. The van der Waals surface area contributed by atoms with Gasteiger partial charge in [0.25, 0.3) is 0 Å². The normalized spacial score (nSPS) is 10.8. The fraction of sp³-hybridized carbons (Fsp3) is 1.00. The van der Waals surface area contributed by atoms with Crippen LogP contribution in [0.4, 0.5) is 0 Å². The van der Waals surface area contributed by atoms with Crippen LogP contribution in [0, 0.1) is 0 Å². The van der Waals surface area contributed by atoms with Gasteiger partial charge in [0.1, 0.15) is 0 Å². The minimum Gasteiger partial charge on any atom is -0.412 e. The second kappa shape index (κ2) is 5.65. The second-order valence-corrected chi connectivity index (χ2v) is 2.40. The quantitative estimate of drug-likeness (QED) is 0.588. The van der Waals surface area contributed by atoms with Crippen LogP contribution in [0.1, 0.15) is 26.7 Å². The van der Waals surface area contributed by atoms with Crippen LogP contribution in [0.3, 0.4) is 0 Å². The minimum atomic E-state index is -0.0278. The van der Waals surface area contributed by atoms with Gasteiger partial charge < -0.3 is 15.9 Å². The van der Waals surface area contributed by atoms with E-state index >= 15 is 0 Å². The lowest BCUT2D eigenvalue weighted by molar-refractivity contribution is 0.159. The van der Waals surface area contributed by atoms with Gasteiger partial charge in [0.2, 0.25) is 0 Å². The molecule has 0 aromatic heterocycles. The maximum Gasteiger partial charge on any atom is 0.0613 e. The van der Waals surface area contributed by atoms with Gasteiger partial charge in [-0.3, -0.25) is 0 Å². The second-order valence-electron chi connectivity index (χ2n) is 2.40. The third-order valence-electron chi connectivity index (χ3n) is 2.19. The van der Waals surface area contributed by atoms with E-state index in [4.69, 9.17) is 5.11 Å². The van der Waals surface area contributed by atoms with Crippen molar-refractivity contribution in [1.82, 2.24) is 5.32 Å². The van der Waals surface area contributed by atoms with Crippen LogP contribution in [0.2, 0.25) is 0 Å². The zero-order valence-corrected chi connectivity index (χ0v) is 7.07. The lowest BCUT2D eigenvalue weighted by atomic mass is 9.94. The number of likely N-dealkylation sites (N-methyl/N-ethyl adjacent to an activating group) is 1. The van der Waals surface area contributed by atoms with Gasteiger partial charge in [-0.25, -0.2) is 0 Å². The van der Waals surface area contributed by atoms with E-state index in [1.807, 2.05) is 7.05 Å². The van der Waals surface area contributed by atoms with E-state index in [1.54, 1.807) is 0 Å². The maximum atomic E-state index is 8.91. The summed E-state index contributed by atoms with van der Waals surface area (Å²) in [4.78, 5) is 0. The predicted octanol–water partition coefficient (Wildman–Crippen LogP) is -0.0678. The van der Waals surface area contributed by atoms with Crippen LogP contribution in [0.15, 0.2) is 0 Å². The summed E-state index contributed by atoms with van der Waals surface area (Å²) in [5.41, 5.74) is -0.0278. The molecule has 0 saturated heterocycles. The van der Waals surface area contributed by atoms with E-state index in [9.17, 15) is 0 Å². The molecule has 3 nitrogen and oxygen atoms in total. The molecule has 0 aliphatic rings. The molecule has 10 heavy (non-hydrogen) atoms. The van der Waals surface area contributed by atoms with Gasteiger partial charge in [-0.15, -0.1) is 0 Å². The third-order valence-corrected chi connectivity index (χ3v) is 2.19. The molecular formula is C7H19NO2. The molecular weight excluding hydrogens is 130 g/mol.